The van der Waals surface area contributed by atoms with Crippen molar-refractivity contribution in [2.45, 2.75) is 26.7 Å². The highest BCUT2D eigenvalue weighted by Crippen LogP contribution is 2.28. The van der Waals surface area contributed by atoms with Crippen LogP contribution in [-0.4, -0.2) is 41.8 Å². The van der Waals surface area contributed by atoms with Gasteiger partial charge in [0, 0.05) is 49.4 Å². The Hall–Kier alpha value is -2.01. The number of hydrogen-bond acceptors (Lipinski definition) is 5. The molecule has 1 atom stereocenters. The summed E-state index contributed by atoms with van der Waals surface area (Å²) < 4.78 is 5.34. The molecule has 5 nitrogen and oxygen atoms in total. The maximum Gasteiger partial charge on any atom is 0.163 e. The van der Waals surface area contributed by atoms with Crippen molar-refractivity contribution in [1.29, 1.82) is 0 Å². The van der Waals surface area contributed by atoms with E-state index in [0.29, 0.717) is 5.92 Å². The van der Waals surface area contributed by atoms with Crippen LogP contribution in [-0.2, 0) is 4.74 Å². The number of aromatic nitrogens is 3. The Morgan fingerprint density at radius 3 is 2.91 bits per heavy atom. The van der Waals surface area contributed by atoms with Crippen molar-refractivity contribution in [1.82, 2.24) is 15.0 Å². The Bertz CT molecular complexity index is 658. The average molecular weight is 312 g/mol. The molecule has 0 amide bonds. The minimum absolute atomic E-state index is 0.574. The van der Waals surface area contributed by atoms with Crippen LogP contribution in [0.25, 0.3) is 11.4 Å². The summed E-state index contributed by atoms with van der Waals surface area (Å²) in [5.74, 6) is 2.38. The zero-order valence-electron chi connectivity index (χ0n) is 14.1. The molecular formula is C18H24N4O. The van der Waals surface area contributed by atoms with Crippen LogP contribution in [0.5, 0.6) is 0 Å². The molecule has 1 fully saturated rings. The highest BCUT2D eigenvalue weighted by molar-refractivity contribution is 5.59. The van der Waals surface area contributed by atoms with E-state index < -0.39 is 0 Å². The van der Waals surface area contributed by atoms with Crippen molar-refractivity contribution >= 4 is 5.82 Å². The minimum Gasteiger partial charge on any atom is -0.384 e. The number of hydrogen-bond donors (Lipinski definition) is 0. The van der Waals surface area contributed by atoms with Gasteiger partial charge in [-0.2, -0.15) is 0 Å². The predicted molar refractivity (Wildman–Crippen MR) is 91.6 cm³/mol. The molecule has 0 bridgehead atoms. The third kappa shape index (κ3) is 3.50. The fourth-order valence-corrected chi connectivity index (χ4v) is 3.17. The number of pyridine rings is 1. The van der Waals surface area contributed by atoms with Crippen LogP contribution in [0, 0.1) is 19.8 Å². The van der Waals surface area contributed by atoms with E-state index in [1.54, 1.807) is 13.3 Å². The van der Waals surface area contributed by atoms with E-state index in [-0.39, 0.29) is 0 Å². The normalized spacial score (nSPS) is 18.2. The molecule has 1 unspecified atom stereocenters. The number of aryl methyl sites for hydroxylation is 1. The molecule has 0 N–H and O–H groups in total. The molecule has 1 aliphatic rings. The quantitative estimate of drug-likeness (QED) is 0.868. The van der Waals surface area contributed by atoms with E-state index in [1.165, 1.54) is 12.8 Å². The second-order valence-electron chi connectivity index (χ2n) is 6.23. The van der Waals surface area contributed by atoms with Gasteiger partial charge in [-0.05, 0) is 44.7 Å². The van der Waals surface area contributed by atoms with Crippen molar-refractivity contribution in [2.24, 2.45) is 5.92 Å². The van der Waals surface area contributed by atoms with Gasteiger partial charge in [0.1, 0.15) is 5.82 Å². The van der Waals surface area contributed by atoms with E-state index in [0.717, 1.165) is 48.2 Å². The molecule has 0 aliphatic carbocycles. The fourth-order valence-electron chi connectivity index (χ4n) is 3.17. The summed E-state index contributed by atoms with van der Waals surface area (Å²) in [5.41, 5.74) is 3.15. The lowest BCUT2D eigenvalue weighted by atomic mass is 9.98. The fraction of sp³-hybridized carbons (Fsp3) is 0.500. The first kappa shape index (κ1) is 15.9. The summed E-state index contributed by atoms with van der Waals surface area (Å²) in [6.45, 7) is 7.02. The average Bonchev–Trinajstić information content (AvgIpc) is 2.58. The second kappa shape index (κ2) is 7.04. The highest BCUT2D eigenvalue weighted by Gasteiger charge is 2.23. The van der Waals surface area contributed by atoms with E-state index in [2.05, 4.69) is 28.7 Å². The number of methoxy groups -OCH3 is 1. The molecule has 5 heteroatoms. The molecular weight excluding hydrogens is 288 g/mol. The number of ether oxygens (including phenoxy) is 1. The van der Waals surface area contributed by atoms with Gasteiger partial charge < -0.3 is 9.64 Å². The third-order valence-electron chi connectivity index (χ3n) is 4.50. The van der Waals surface area contributed by atoms with Crippen molar-refractivity contribution in [3.05, 3.63) is 35.8 Å². The molecule has 0 aromatic carbocycles. The van der Waals surface area contributed by atoms with Crippen LogP contribution >= 0.6 is 0 Å². The van der Waals surface area contributed by atoms with Crippen LogP contribution in [0.3, 0.4) is 0 Å². The van der Waals surface area contributed by atoms with Gasteiger partial charge in [-0.1, -0.05) is 0 Å². The van der Waals surface area contributed by atoms with Gasteiger partial charge in [-0.3, -0.25) is 4.98 Å². The van der Waals surface area contributed by atoms with E-state index in [1.807, 2.05) is 18.3 Å². The monoisotopic (exact) mass is 312 g/mol. The van der Waals surface area contributed by atoms with Crippen molar-refractivity contribution < 1.29 is 4.74 Å². The Morgan fingerprint density at radius 1 is 1.30 bits per heavy atom. The summed E-state index contributed by atoms with van der Waals surface area (Å²) in [6, 6.07) is 3.92. The standard InChI is InChI=1S/C18H24N4O/c1-13-14(2)20-17(16-7-4-8-19-10-16)21-18(13)22-9-5-6-15(11-22)12-23-3/h4,7-8,10,15H,5-6,9,11-12H2,1-3H3. The van der Waals surface area contributed by atoms with E-state index in [9.17, 15) is 0 Å². The number of piperidine rings is 1. The van der Waals surface area contributed by atoms with Crippen molar-refractivity contribution in [2.75, 3.05) is 31.7 Å². The molecule has 3 rings (SSSR count). The number of rotatable bonds is 4. The molecule has 122 valence electrons. The van der Waals surface area contributed by atoms with Gasteiger partial charge in [0.05, 0.1) is 6.61 Å². The smallest absolute Gasteiger partial charge is 0.163 e. The van der Waals surface area contributed by atoms with E-state index in [4.69, 9.17) is 9.72 Å². The largest absolute Gasteiger partial charge is 0.384 e. The maximum absolute atomic E-state index is 5.34. The second-order valence-corrected chi connectivity index (χ2v) is 6.23. The summed E-state index contributed by atoms with van der Waals surface area (Å²) in [7, 11) is 1.78. The molecule has 2 aromatic heterocycles. The Balaban J connectivity index is 1.93. The lowest BCUT2D eigenvalue weighted by Crippen LogP contribution is -2.38. The van der Waals surface area contributed by atoms with Gasteiger partial charge in [-0.25, -0.2) is 9.97 Å². The van der Waals surface area contributed by atoms with Gasteiger partial charge in [0.2, 0.25) is 0 Å². The zero-order valence-corrected chi connectivity index (χ0v) is 14.1. The van der Waals surface area contributed by atoms with Gasteiger partial charge in [-0.15, -0.1) is 0 Å². The molecule has 3 heterocycles. The zero-order chi connectivity index (χ0) is 16.2. The summed E-state index contributed by atoms with van der Waals surface area (Å²) in [6.07, 6.45) is 5.99. The third-order valence-corrected chi connectivity index (χ3v) is 4.50. The lowest BCUT2D eigenvalue weighted by molar-refractivity contribution is 0.143. The summed E-state index contributed by atoms with van der Waals surface area (Å²) >= 11 is 0. The van der Waals surface area contributed by atoms with Gasteiger partial charge >= 0.3 is 0 Å². The summed E-state index contributed by atoms with van der Waals surface area (Å²) in [4.78, 5) is 16.1. The molecule has 0 saturated carbocycles. The van der Waals surface area contributed by atoms with Crippen LogP contribution < -0.4 is 4.90 Å². The number of nitrogens with zero attached hydrogens (tertiary/aromatic N) is 4. The van der Waals surface area contributed by atoms with Crippen LogP contribution in [0.2, 0.25) is 0 Å². The Kier molecular flexibility index (Phi) is 4.86. The first-order chi connectivity index (χ1) is 11.2. The highest BCUT2D eigenvalue weighted by atomic mass is 16.5. The topological polar surface area (TPSA) is 51.1 Å². The SMILES string of the molecule is COCC1CCCN(c2nc(-c3cccnc3)nc(C)c2C)C1. The molecule has 23 heavy (non-hydrogen) atoms. The van der Waals surface area contributed by atoms with Crippen molar-refractivity contribution in [3.8, 4) is 11.4 Å². The van der Waals surface area contributed by atoms with E-state index >= 15 is 0 Å². The Morgan fingerprint density at radius 2 is 2.17 bits per heavy atom. The van der Waals surface area contributed by atoms with Crippen LogP contribution in [0.4, 0.5) is 5.82 Å². The molecule has 1 aliphatic heterocycles. The Labute approximate surface area is 137 Å². The first-order valence-electron chi connectivity index (χ1n) is 8.18. The predicted octanol–water partition coefficient (Wildman–Crippen LogP) is 3.02. The number of anilines is 1. The minimum atomic E-state index is 0.574. The molecule has 2 aromatic rings. The van der Waals surface area contributed by atoms with Crippen LogP contribution in [0.15, 0.2) is 24.5 Å². The summed E-state index contributed by atoms with van der Waals surface area (Å²) in [5, 5.41) is 0. The lowest BCUT2D eigenvalue weighted by Gasteiger charge is -2.34. The maximum atomic E-state index is 5.34. The van der Waals surface area contributed by atoms with Gasteiger partial charge in [0.15, 0.2) is 5.82 Å². The van der Waals surface area contributed by atoms with Gasteiger partial charge in [0.25, 0.3) is 0 Å². The first-order valence-corrected chi connectivity index (χ1v) is 8.18. The van der Waals surface area contributed by atoms with Crippen LogP contribution in [0.1, 0.15) is 24.1 Å². The molecule has 0 spiro atoms. The molecule has 1 saturated heterocycles. The molecule has 0 radical (unpaired) electrons. The van der Waals surface area contributed by atoms with Crippen molar-refractivity contribution in [3.63, 3.8) is 0 Å².